The number of nitrogens with one attached hydrogen (secondary N) is 2. The van der Waals surface area contributed by atoms with E-state index in [-0.39, 0.29) is 48.6 Å². The van der Waals surface area contributed by atoms with Gasteiger partial charge in [0.15, 0.2) is 5.13 Å². The number of carbonyl (C=O) groups is 2. The number of thiazole rings is 1. The van der Waals surface area contributed by atoms with Crippen molar-refractivity contribution < 1.29 is 19.8 Å². The lowest BCUT2D eigenvalue weighted by Crippen LogP contribution is -2.57. The van der Waals surface area contributed by atoms with E-state index in [2.05, 4.69) is 28.5 Å². The number of hydrogen-bond acceptors (Lipinski definition) is 6. The zero-order valence-electron chi connectivity index (χ0n) is 17.1. The molecule has 1 saturated carbocycles. The van der Waals surface area contributed by atoms with Crippen LogP contribution >= 0.6 is 11.3 Å². The fourth-order valence-corrected chi connectivity index (χ4v) is 6.37. The molecule has 0 spiro atoms. The molecular formula is C21H29N3O4S. The van der Waals surface area contributed by atoms with Crippen LogP contribution in [0.15, 0.2) is 0 Å². The van der Waals surface area contributed by atoms with Gasteiger partial charge in [0.25, 0.3) is 0 Å². The van der Waals surface area contributed by atoms with E-state index in [9.17, 15) is 19.8 Å². The summed E-state index contributed by atoms with van der Waals surface area (Å²) in [5.74, 6) is 1.86. The molecule has 158 valence electrons. The Kier molecular flexibility index (Phi) is 6.04. The van der Waals surface area contributed by atoms with Gasteiger partial charge in [-0.25, -0.2) is 4.98 Å². The van der Waals surface area contributed by atoms with Crippen LogP contribution in [0, 0.1) is 29.1 Å². The third kappa shape index (κ3) is 3.79. The van der Waals surface area contributed by atoms with Gasteiger partial charge in [-0.15, -0.1) is 17.8 Å². The summed E-state index contributed by atoms with van der Waals surface area (Å²) in [5, 5.41) is 26.9. The first-order valence-electron chi connectivity index (χ1n) is 9.92. The molecule has 0 aromatic carbocycles. The Morgan fingerprint density at radius 2 is 2.14 bits per heavy atom. The predicted octanol–water partition coefficient (Wildman–Crippen LogP) is 1.66. The van der Waals surface area contributed by atoms with Gasteiger partial charge in [-0.1, -0.05) is 19.8 Å². The summed E-state index contributed by atoms with van der Waals surface area (Å²) in [4.78, 5) is 29.8. The lowest BCUT2D eigenvalue weighted by atomic mass is 9.47. The number of amides is 2. The van der Waals surface area contributed by atoms with Gasteiger partial charge in [-0.2, -0.15) is 0 Å². The quantitative estimate of drug-likeness (QED) is 0.543. The third-order valence-electron chi connectivity index (χ3n) is 6.95. The smallest absolute Gasteiger partial charge is 0.223 e. The second-order valence-electron chi connectivity index (χ2n) is 8.73. The first-order valence-corrected chi connectivity index (χ1v) is 10.7. The van der Waals surface area contributed by atoms with Crippen LogP contribution < -0.4 is 10.6 Å². The lowest BCUT2D eigenvalue weighted by molar-refractivity contribution is -0.144. The summed E-state index contributed by atoms with van der Waals surface area (Å²) < 4.78 is 0. The molecule has 29 heavy (non-hydrogen) atoms. The average Bonchev–Trinajstić information content (AvgIpc) is 3.06. The molecule has 4 N–H and O–H groups in total. The summed E-state index contributed by atoms with van der Waals surface area (Å²) in [6.45, 7) is 5.54. The van der Waals surface area contributed by atoms with Gasteiger partial charge in [0.05, 0.1) is 24.9 Å². The van der Waals surface area contributed by atoms with Crippen molar-refractivity contribution in [3.05, 3.63) is 10.6 Å². The van der Waals surface area contributed by atoms with E-state index in [4.69, 9.17) is 6.42 Å². The van der Waals surface area contributed by atoms with Crippen LogP contribution in [0.1, 0.15) is 56.5 Å². The Hall–Kier alpha value is -1.95. The van der Waals surface area contributed by atoms with E-state index in [1.54, 1.807) is 0 Å². The number of aliphatic hydroxyl groups is 2. The maximum atomic E-state index is 12.6. The molecule has 1 aromatic heterocycles. The van der Waals surface area contributed by atoms with Gasteiger partial charge >= 0.3 is 0 Å². The molecule has 0 radical (unpaired) electrons. The monoisotopic (exact) mass is 419 g/mol. The molecule has 5 unspecified atom stereocenters. The highest BCUT2D eigenvalue weighted by atomic mass is 32.1. The number of aliphatic hydroxyl groups excluding tert-OH is 2. The number of fused-ring (bicyclic) bond motifs is 2. The minimum absolute atomic E-state index is 0.0210. The molecule has 1 heterocycles. The van der Waals surface area contributed by atoms with Crippen LogP contribution in [-0.4, -0.2) is 46.3 Å². The molecule has 0 aliphatic heterocycles. The van der Waals surface area contributed by atoms with Crippen molar-refractivity contribution in [1.82, 2.24) is 10.3 Å². The van der Waals surface area contributed by atoms with Crippen molar-refractivity contribution in [2.75, 3.05) is 18.5 Å². The number of terminal acetylenes is 1. The van der Waals surface area contributed by atoms with E-state index < -0.39 is 11.5 Å². The summed E-state index contributed by atoms with van der Waals surface area (Å²) in [6.07, 6.45) is 6.83. The Labute approximate surface area is 175 Å². The van der Waals surface area contributed by atoms with Crippen molar-refractivity contribution in [2.45, 2.75) is 58.5 Å². The van der Waals surface area contributed by atoms with Crippen LogP contribution in [-0.2, 0) is 16.0 Å². The van der Waals surface area contributed by atoms with Crippen molar-refractivity contribution in [1.29, 1.82) is 0 Å². The average molecular weight is 420 g/mol. The molecule has 8 heteroatoms. The number of aromatic nitrogens is 1. The van der Waals surface area contributed by atoms with E-state index in [1.807, 2.05) is 6.92 Å². The lowest BCUT2D eigenvalue weighted by Gasteiger charge is -2.58. The highest BCUT2D eigenvalue weighted by Crippen LogP contribution is 2.62. The Balaban J connectivity index is 2.05. The molecule has 5 atom stereocenters. The standard InChI is InChI=1S/C21H29N3O4S/c1-5-8-22-17(28)9-13-18-14(29-19(24-18)23-12(2)26)10-15-20(13,3)7-6-16(27)21(15,4)11-25/h1,13,15-16,25,27H,6-11H2,2-4H3,(H,22,28)(H,23,24,26). The molecule has 1 fully saturated rings. The van der Waals surface area contributed by atoms with Crippen LogP contribution in [0.25, 0.3) is 0 Å². The number of rotatable bonds is 5. The molecule has 1 aromatic rings. The van der Waals surface area contributed by atoms with E-state index in [1.165, 1.54) is 18.3 Å². The number of hydrogen-bond donors (Lipinski definition) is 4. The van der Waals surface area contributed by atoms with E-state index >= 15 is 0 Å². The van der Waals surface area contributed by atoms with Crippen molar-refractivity contribution in [3.8, 4) is 12.3 Å². The number of nitrogens with zero attached hydrogens (tertiary/aromatic N) is 1. The predicted molar refractivity (Wildman–Crippen MR) is 111 cm³/mol. The first-order chi connectivity index (χ1) is 13.7. The molecule has 2 amide bonds. The van der Waals surface area contributed by atoms with Crippen molar-refractivity contribution in [2.24, 2.45) is 16.7 Å². The Bertz CT molecular complexity index is 847. The highest BCUT2D eigenvalue weighted by Gasteiger charge is 2.59. The SMILES string of the molecule is C#CCNC(=O)CC1c2nc(NC(C)=O)sc2CC2C(C)(CO)C(O)CCC12C. The molecule has 7 nitrogen and oxygen atoms in total. The van der Waals surface area contributed by atoms with E-state index in [0.717, 1.165) is 17.0 Å². The van der Waals surface area contributed by atoms with Crippen LogP contribution in [0.3, 0.4) is 0 Å². The van der Waals surface area contributed by atoms with Gasteiger partial charge in [-0.3, -0.25) is 9.59 Å². The third-order valence-corrected chi connectivity index (χ3v) is 7.96. The fourth-order valence-electron chi connectivity index (χ4n) is 5.26. The van der Waals surface area contributed by atoms with Crippen LogP contribution in [0.4, 0.5) is 5.13 Å². The summed E-state index contributed by atoms with van der Waals surface area (Å²) in [5.41, 5.74) is -0.153. The molecule has 3 rings (SSSR count). The molecule has 2 aliphatic rings. The second-order valence-corrected chi connectivity index (χ2v) is 9.81. The van der Waals surface area contributed by atoms with Gasteiger partial charge in [-0.05, 0) is 30.6 Å². The van der Waals surface area contributed by atoms with Crippen LogP contribution in [0.2, 0.25) is 0 Å². The van der Waals surface area contributed by atoms with Gasteiger partial charge in [0.2, 0.25) is 11.8 Å². The molecular weight excluding hydrogens is 390 g/mol. The van der Waals surface area contributed by atoms with Crippen molar-refractivity contribution >= 4 is 28.3 Å². The molecule has 0 saturated heterocycles. The first kappa shape index (κ1) is 21.8. The number of carbonyl (C=O) groups excluding carboxylic acids is 2. The fraction of sp³-hybridized carbons (Fsp3) is 0.667. The molecule has 2 aliphatic carbocycles. The second kappa shape index (κ2) is 8.05. The zero-order valence-corrected chi connectivity index (χ0v) is 17.9. The summed E-state index contributed by atoms with van der Waals surface area (Å²) in [7, 11) is 0. The van der Waals surface area contributed by atoms with Crippen LogP contribution in [0.5, 0.6) is 0 Å². The maximum absolute atomic E-state index is 12.6. The van der Waals surface area contributed by atoms with Gasteiger partial charge in [0, 0.05) is 29.6 Å². The maximum Gasteiger partial charge on any atom is 0.223 e. The summed E-state index contributed by atoms with van der Waals surface area (Å²) in [6, 6.07) is 0. The zero-order chi connectivity index (χ0) is 21.4. The van der Waals surface area contributed by atoms with Crippen molar-refractivity contribution in [3.63, 3.8) is 0 Å². The normalized spacial score (nSPS) is 33.2. The topological polar surface area (TPSA) is 112 Å². The highest BCUT2D eigenvalue weighted by molar-refractivity contribution is 7.15. The Morgan fingerprint density at radius 3 is 2.76 bits per heavy atom. The number of anilines is 1. The largest absolute Gasteiger partial charge is 0.396 e. The minimum Gasteiger partial charge on any atom is -0.396 e. The minimum atomic E-state index is -0.670. The molecule has 0 bridgehead atoms. The Morgan fingerprint density at radius 1 is 1.41 bits per heavy atom. The van der Waals surface area contributed by atoms with E-state index in [0.29, 0.717) is 18.0 Å². The summed E-state index contributed by atoms with van der Waals surface area (Å²) >= 11 is 1.41. The van der Waals surface area contributed by atoms with Gasteiger partial charge in [0.1, 0.15) is 0 Å². The van der Waals surface area contributed by atoms with Gasteiger partial charge < -0.3 is 20.8 Å².